The highest BCUT2D eigenvalue weighted by atomic mass is 16.5. The van der Waals surface area contributed by atoms with Crippen molar-refractivity contribution in [3.63, 3.8) is 0 Å². The summed E-state index contributed by atoms with van der Waals surface area (Å²) in [6, 6.07) is 14.6. The fourth-order valence-corrected chi connectivity index (χ4v) is 3.10. The summed E-state index contributed by atoms with van der Waals surface area (Å²) in [6.45, 7) is 1.84. The highest BCUT2D eigenvalue weighted by Gasteiger charge is 2.27. The number of benzene rings is 2. The number of aryl methyl sites for hydroxylation is 1. The van der Waals surface area contributed by atoms with Crippen molar-refractivity contribution < 1.29 is 14.3 Å². The molecule has 0 saturated carbocycles. The van der Waals surface area contributed by atoms with Crippen LogP contribution in [-0.4, -0.2) is 33.2 Å². The molecular formula is C20H19N5O3. The van der Waals surface area contributed by atoms with Crippen LogP contribution in [0.25, 0.3) is 0 Å². The van der Waals surface area contributed by atoms with E-state index in [2.05, 4.69) is 20.7 Å². The van der Waals surface area contributed by atoms with Crippen molar-refractivity contribution in [2.45, 2.75) is 19.4 Å². The molecule has 0 saturated heterocycles. The first kappa shape index (κ1) is 17.7. The van der Waals surface area contributed by atoms with Crippen LogP contribution in [0.2, 0.25) is 0 Å². The lowest BCUT2D eigenvalue weighted by molar-refractivity contribution is -0.118. The molecule has 8 heteroatoms. The van der Waals surface area contributed by atoms with Crippen LogP contribution in [-0.2, 0) is 9.59 Å². The summed E-state index contributed by atoms with van der Waals surface area (Å²) in [5.74, 6) is 0.686. The number of ether oxygens (including phenoxy) is 1. The second-order valence-electron chi connectivity index (χ2n) is 6.52. The number of carbonyl (C=O) groups excluding carboxylic acids is 2. The summed E-state index contributed by atoms with van der Waals surface area (Å²) in [6.07, 6.45) is 1.70. The smallest absolute Gasteiger partial charge is 0.262 e. The Morgan fingerprint density at radius 3 is 2.82 bits per heavy atom. The van der Waals surface area contributed by atoms with Gasteiger partial charge in [0.15, 0.2) is 6.61 Å². The van der Waals surface area contributed by atoms with Crippen molar-refractivity contribution in [3.8, 4) is 5.75 Å². The second kappa shape index (κ2) is 7.51. The molecule has 1 atom stereocenters. The van der Waals surface area contributed by atoms with Crippen molar-refractivity contribution in [3.05, 3.63) is 66.0 Å². The van der Waals surface area contributed by atoms with Crippen molar-refractivity contribution in [2.24, 2.45) is 0 Å². The van der Waals surface area contributed by atoms with Gasteiger partial charge in [-0.2, -0.15) is 10.1 Å². The Kier molecular flexibility index (Phi) is 4.76. The third kappa shape index (κ3) is 3.71. The monoisotopic (exact) mass is 377 g/mol. The highest BCUT2D eigenvalue weighted by molar-refractivity contribution is 5.92. The van der Waals surface area contributed by atoms with Crippen LogP contribution in [0, 0.1) is 6.92 Å². The van der Waals surface area contributed by atoms with E-state index in [4.69, 9.17) is 4.74 Å². The SMILES string of the molecule is Cc1ccccc1NC(=O)COc1ccc(C2CC(=O)Nc3ncnn32)cc1. The average Bonchev–Trinajstić information content (AvgIpc) is 3.16. The first-order chi connectivity index (χ1) is 13.6. The molecule has 0 spiro atoms. The predicted octanol–water partition coefficient (Wildman–Crippen LogP) is 2.54. The summed E-state index contributed by atoms with van der Waals surface area (Å²) in [5, 5.41) is 9.70. The molecule has 2 aromatic carbocycles. The van der Waals surface area contributed by atoms with Crippen LogP contribution in [0.5, 0.6) is 5.75 Å². The molecule has 28 heavy (non-hydrogen) atoms. The molecule has 2 N–H and O–H groups in total. The number of aromatic nitrogens is 3. The number of rotatable bonds is 5. The molecule has 1 aliphatic rings. The van der Waals surface area contributed by atoms with Crippen LogP contribution >= 0.6 is 0 Å². The van der Waals surface area contributed by atoms with Crippen molar-refractivity contribution in [1.82, 2.24) is 14.8 Å². The summed E-state index contributed by atoms with van der Waals surface area (Å²) in [7, 11) is 0. The first-order valence-corrected chi connectivity index (χ1v) is 8.88. The molecule has 2 amide bonds. The Labute approximate surface area is 161 Å². The molecule has 2 heterocycles. The van der Waals surface area contributed by atoms with E-state index < -0.39 is 0 Å². The molecule has 142 valence electrons. The number of nitrogens with one attached hydrogen (secondary N) is 2. The Bertz CT molecular complexity index is 1010. The topological polar surface area (TPSA) is 98.1 Å². The lowest BCUT2D eigenvalue weighted by atomic mass is 10.0. The van der Waals surface area contributed by atoms with Gasteiger partial charge in [-0.1, -0.05) is 30.3 Å². The Morgan fingerprint density at radius 1 is 1.25 bits per heavy atom. The number of amides is 2. The van der Waals surface area contributed by atoms with E-state index in [-0.39, 0.29) is 30.9 Å². The molecule has 1 unspecified atom stereocenters. The maximum atomic E-state index is 12.1. The van der Waals surface area contributed by atoms with Crippen LogP contribution < -0.4 is 15.4 Å². The van der Waals surface area contributed by atoms with Gasteiger partial charge in [0.05, 0.1) is 12.5 Å². The van der Waals surface area contributed by atoms with Gasteiger partial charge in [0.1, 0.15) is 12.1 Å². The van der Waals surface area contributed by atoms with Gasteiger partial charge >= 0.3 is 0 Å². The fraction of sp³-hybridized carbons (Fsp3) is 0.200. The second-order valence-corrected chi connectivity index (χ2v) is 6.52. The van der Waals surface area contributed by atoms with Crippen LogP contribution in [0.1, 0.15) is 23.6 Å². The Balaban J connectivity index is 1.39. The number of hydrogen-bond donors (Lipinski definition) is 2. The largest absolute Gasteiger partial charge is 0.484 e. The van der Waals surface area contributed by atoms with E-state index in [1.807, 2.05) is 43.3 Å². The van der Waals surface area contributed by atoms with Crippen molar-refractivity contribution in [1.29, 1.82) is 0 Å². The number of anilines is 2. The van der Waals surface area contributed by atoms with E-state index >= 15 is 0 Å². The zero-order chi connectivity index (χ0) is 19.5. The number of carbonyl (C=O) groups is 2. The number of fused-ring (bicyclic) bond motifs is 1. The first-order valence-electron chi connectivity index (χ1n) is 8.88. The van der Waals surface area contributed by atoms with Gasteiger partial charge < -0.3 is 10.1 Å². The molecule has 0 fully saturated rings. The molecule has 8 nitrogen and oxygen atoms in total. The molecular weight excluding hydrogens is 358 g/mol. The third-order valence-corrected chi connectivity index (χ3v) is 4.55. The van der Waals surface area contributed by atoms with Crippen LogP contribution in [0.3, 0.4) is 0 Å². The minimum atomic E-state index is -0.227. The minimum absolute atomic E-state index is 0.0905. The van der Waals surface area contributed by atoms with E-state index in [9.17, 15) is 9.59 Å². The van der Waals surface area contributed by atoms with E-state index in [1.165, 1.54) is 6.33 Å². The van der Waals surface area contributed by atoms with Crippen molar-refractivity contribution in [2.75, 3.05) is 17.2 Å². The van der Waals surface area contributed by atoms with Gasteiger partial charge in [-0.25, -0.2) is 4.68 Å². The molecule has 1 aromatic heterocycles. The standard InChI is InChI=1S/C20H19N5O3/c1-13-4-2-3-5-16(13)23-19(27)11-28-15-8-6-14(7-9-15)17-10-18(26)24-20-21-12-22-25(17)20/h2-9,12,17H,10-11H2,1H3,(H,23,27)(H,21,22,24,26). The number of nitrogens with zero attached hydrogens (tertiary/aromatic N) is 3. The normalized spacial score (nSPS) is 15.5. The maximum Gasteiger partial charge on any atom is 0.262 e. The summed E-state index contributed by atoms with van der Waals surface area (Å²) >= 11 is 0. The van der Waals surface area contributed by atoms with Crippen LogP contribution in [0.4, 0.5) is 11.6 Å². The number of hydrogen-bond acceptors (Lipinski definition) is 5. The van der Waals surface area contributed by atoms with E-state index in [1.54, 1.807) is 16.8 Å². The molecule has 1 aliphatic heterocycles. The summed E-state index contributed by atoms with van der Waals surface area (Å²) in [4.78, 5) is 28.0. The summed E-state index contributed by atoms with van der Waals surface area (Å²) in [5.41, 5.74) is 2.67. The molecule has 0 bridgehead atoms. The van der Waals surface area contributed by atoms with Gasteiger partial charge in [0.25, 0.3) is 5.91 Å². The molecule has 0 aliphatic carbocycles. The average molecular weight is 377 g/mol. The van der Waals surface area contributed by atoms with Gasteiger partial charge in [0, 0.05) is 5.69 Å². The number of para-hydroxylation sites is 1. The molecule has 4 rings (SSSR count). The quantitative estimate of drug-likeness (QED) is 0.712. The Morgan fingerprint density at radius 2 is 2.04 bits per heavy atom. The molecule has 0 radical (unpaired) electrons. The third-order valence-electron chi connectivity index (χ3n) is 4.55. The summed E-state index contributed by atoms with van der Waals surface area (Å²) < 4.78 is 7.26. The van der Waals surface area contributed by atoms with Crippen molar-refractivity contribution >= 4 is 23.5 Å². The van der Waals surface area contributed by atoms with Gasteiger partial charge in [-0.3, -0.25) is 14.9 Å². The lowest BCUT2D eigenvalue weighted by Gasteiger charge is -2.23. The highest BCUT2D eigenvalue weighted by Crippen LogP contribution is 2.29. The minimum Gasteiger partial charge on any atom is -0.484 e. The van der Waals surface area contributed by atoms with Gasteiger partial charge in [-0.15, -0.1) is 0 Å². The molecule has 3 aromatic rings. The predicted molar refractivity (Wildman–Crippen MR) is 103 cm³/mol. The van der Waals surface area contributed by atoms with Gasteiger partial charge in [0.2, 0.25) is 11.9 Å². The lowest BCUT2D eigenvalue weighted by Crippen LogP contribution is -2.29. The van der Waals surface area contributed by atoms with Gasteiger partial charge in [-0.05, 0) is 36.2 Å². The Hall–Kier alpha value is -3.68. The van der Waals surface area contributed by atoms with Crippen LogP contribution in [0.15, 0.2) is 54.9 Å². The van der Waals surface area contributed by atoms with E-state index in [0.717, 1.165) is 16.8 Å². The maximum absolute atomic E-state index is 12.1. The fourth-order valence-electron chi connectivity index (χ4n) is 3.10. The zero-order valence-corrected chi connectivity index (χ0v) is 15.3. The van der Waals surface area contributed by atoms with E-state index in [0.29, 0.717) is 11.7 Å². The zero-order valence-electron chi connectivity index (χ0n) is 15.3.